The molecule has 0 bridgehead atoms. The quantitative estimate of drug-likeness (QED) is 0.740. The Labute approximate surface area is 141 Å². The predicted octanol–water partition coefficient (Wildman–Crippen LogP) is 2.25. The van der Waals surface area contributed by atoms with Crippen LogP contribution in [0.2, 0.25) is 0 Å². The van der Waals surface area contributed by atoms with Gasteiger partial charge in [-0.2, -0.15) is 9.97 Å². The highest BCUT2D eigenvalue weighted by atomic mass is 19.1. The molecule has 0 aliphatic heterocycles. The SMILES string of the molecule is COc1ncc(Nc2ncc(F)cc2-c2nc(C)nc(N)n2)cc1F. The summed E-state index contributed by atoms with van der Waals surface area (Å²) in [6.45, 7) is 1.63. The molecule has 3 aromatic heterocycles. The molecule has 3 N–H and O–H groups in total. The first-order chi connectivity index (χ1) is 12.0. The molecule has 0 aromatic carbocycles. The van der Waals surface area contributed by atoms with Crippen molar-refractivity contribution in [2.24, 2.45) is 0 Å². The molecule has 3 heterocycles. The van der Waals surface area contributed by atoms with Gasteiger partial charge in [-0.05, 0) is 13.0 Å². The van der Waals surface area contributed by atoms with Crippen molar-refractivity contribution < 1.29 is 13.5 Å². The Balaban J connectivity index is 2.03. The van der Waals surface area contributed by atoms with E-state index in [0.29, 0.717) is 5.82 Å². The third kappa shape index (κ3) is 3.57. The lowest BCUT2D eigenvalue weighted by atomic mass is 10.2. The van der Waals surface area contributed by atoms with Gasteiger partial charge in [-0.1, -0.05) is 0 Å². The van der Waals surface area contributed by atoms with E-state index in [4.69, 9.17) is 10.5 Å². The average molecular weight is 345 g/mol. The molecule has 0 saturated carbocycles. The third-order valence-corrected chi connectivity index (χ3v) is 3.12. The average Bonchev–Trinajstić information content (AvgIpc) is 2.56. The van der Waals surface area contributed by atoms with E-state index in [0.717, 1.165) is 6.20 Å². The topological polar surface area (TPSA) is 112 Å². The normalized spacial score (nSPS) is 10.6. The number of nitrogens with zero attached hydrogens (tertiary/aromatic N) is 5. The smallest absolute Gasteiger partial charge is 0.250 e. The van der Waals surface area contributed by atoms with E-state index in [9.17, 15) is 8.78 Å². The summed E-state index contributed by atoms with van der Waals surface area (Å²) in [5.41, 5.74) is 6.15. The van der Waals surface area contributed by atoms with Gasteiger partial charge in [0.05, 0.1) is 30.8 Å². The number of hydrogen-bond donors (Lipinski definition) is 2. The highest BCUT2D eigenvalue weighted by molar-refractivity contribution is 5.74. The number of methoxy groups -OCH3 is 1. The number of rotatable bonds is 4. The van der Waals surface area contributed by atoms with Crippen LogP contribution < -0.4 is 15.8 Å². The number of nitrogen functional groups attached to an aromatic ring is 1. The van der Waals surface area contributed by atoms with E-state index in [1.165, 1.54) is 25.4 Å². The van der Waals surface area contributed by atoms with Crippen molar-refractivity contribution in [3.63, 3.8) is 0 Å². The van der Waals surface area contributed by atoms with Gasteiger partial charge < -0.3 is 15.8 Å². The fourth-order valence-corrected chi connectivity index (χ4v) is 2.11. The maximum Gasteiger partial charge on any atom is 0.250 e. The lowest BCUT2D eigenvalue weighted by Gasteiger charge is -2.11. The van der Waals surface area contributed by atoms with Gasteiger partial charge in [-0.25, -0.2) is 23.7 Å². The van der Waals surface area contributed by atoms with Crippen LogP contribution in [-0.2, 0) is 0 Å². The molecule has 0 unspecified atom stereocenters. The molecule has 128 valence electrons. The second kappa shape index (κ2) is 6.59. The third-order valence-electron chi connectivity index (χ3n) is 3.12. The summed E-state index contributed by atoms with van der Waals surface area (Å²) in [7, 11) is 1.31. The number of aryl methyl sites for hydroxylation is 1. The molecule has 0 aliphatic rings. The van der Waals surface area contributed by atoms with Crippen molar-refractivity contribution in [3.8, 4) is 17.3 Å². The number of nitrogens with two attached hydrogens (primary N) is 1. The Morgan fingerprint density at radius 2 is 1.88 bits per heavy atom. The zero-order valence-electron chi connectivity index (χ0n) is 13.3. The van der Waals surface area contributed by atoms with Gasteiger partial charge in [-0.15, -0.1) is 0 Å². The summed E-state index contributed by atoms with van der Waals surface area (Å²) in [5.74, 6) is -0.671. The first kappa shape index (κ1) is 16.4. The van der Waals surface area contributed by atoms with Crippen LogP contribution in [0.1, 0.15) is 5.82 Å². The molecule has 10 heteroatoms. The summed E-state index contributed by atoms with van der Waals surface area (Å²) >= 11 is 0. The standard InChI is InChI=1S/C15H13F2N7O/c1-7-21-13(24-15(18)22-7)10-3-8(16)5-19-12(10)23-9-4-11(17)14(25-2)20-6-9/h3-6H,1-2H3,(H,19,23)(H2,18,21,22,24). The first-order valence-electron chi connectivity index (χ1n) is 7.07. The van der Waals surface area contributed by atoms with E-state index in [1.807, 2.05) is 0 Å². The molecule has 0 radical (unpaired) electrons. The Kier molecular flexibility index (Phi) is 4.33. The summed E-state index contributed by atoms with van der Waals surface area (Å²) in [4.78, 5) is 19.8. The Hall–Kier alpha value is -3.43. The van der Waals surface area contributed by atoms with Gasteiger partial charge >= 0.3 is 0 Å². The van der Waals surface area contributed by atoms with Gasteiger partial charge in [0.15, 0.2) is 11.6 Å². The van der Waals surface area contributed by atoms with Gasteiger partial charge in [0.1, 0.15) is 17.5 Å². The zero-order chi connectivity index (χ0) is 18.0. The monoisotopic (exact) mass is 345 g/mol. The summed E-state index contributed by atoms with van der Waals surface area (Å²) in [6.07, 6.45) is 2.36. The van der Waals surface area contributed by atoms with Crippen molar-refractivity contribution in [1.29, 1.82) is 0 Å². The van der Waals surface area contributed by atoms with E-state index < -0.39 is 11.6 Å². The molecule has 0 fully saturated rings. The number of ether oxygens (including phenoxy) is 1. The number of aromatic nitrogens is 5. The number of anilines is 3. The minimum Gasteiger partial charge on any atom is -0.479 e. The molecule has 0 aliphatic carbocycles. The fraction of sp³-hybridized carbons (Fsp3) is 0.133. The van der Waals surface area contributed by atoms with E-state index in [1.54, 1.807) is 6.92 Å². The van der Waals surface area contributed by atoms with Crippen LogP contribution in [0.5, 0.6) is 5.88 Å². The lowest BCUT2D eigenvalue weighted by molar-refractivity contribution is 0.369. The molecular weight excluding hydrogens is 332 g/mol. The fourth-order valence-electron chi connectivity index (χ4n) is 2.11. The summed E-state index contributed by atoms with van der Waals surface area (Å²) < 4.78 is 32.2. The number of nitrogens with one attached hydrogen (secondary N) is 1. The van der Waals surface area contributed by atoms with Crippen molar-refractivity contribution in [3.05, 3.63) is 42.0 Å². The molecule has 0 saturated heterocycles. The molecule has 3 rings (SSSR count). The van der Waals surface area contributed by atoms with E-state index in [-0.39, 0.29) is 34.7 Å². The van der Waals surface area contributed by atoms with Crippen LogP contribution in [0.4, 0.5) is 26.2 Å². The molecule has 3 aromatic rings. The van der Waals surface area contributed by atoms with Crippen molar-refractivity contribution in [2.45, 2.75) is 6.92 Å². The molecule has 0 spiro atoms. The highest BCUT2D eigenvalue weighted by Crippen LogP contribution is 2.28. The van der Waals surface area contributed by atoms with Gasteiger partial charge in [0.25, 0.3) is 0 Å². The minimum atomic E-state index is -0.656. The molecule has 8 nitrogen and oxygen atoms in total. The van der Waals surface area contributed by atoms with Gasteiger partial charge in [0, 0.05) is 6.07 Å². The largest absolute Gasteiger partial charge is 0.479 e. The van der Waals surface area contributed by atoms with Crippen molar-refractivity contribution in [2.75, 3.05) is 18.2 Å². The Morgan fingerprint density at radius 1 is 1.08 bits per heavy atom. The summed E-state index contributed by atoms with van der Waals surface area (Å²) in [6, 6.07) is 2.37. The Bertz CT molecular complexity index is 915. The lowest BCUT2D eigenvalue weighted by Crippen LogP contribution is -2.05. The van der Waals surface area contributed by atoms with Crippen molar-refractivity contribution >= 4 is 17.5 Å². The van der Waals surface area contributed by atoms with Gasteiger partial charge in [0.2, 0.25) is 11.8 Å². The zero-order valence-corrected chi connectivity index (χ0v) is 13.3. The van der Waals surface area contributed by atoms with Crippen LogP contribution in [0.3, 0.4) is 0 Å². The maximum atomic E-state index is 13.8. The molecule has 0 atom stereocenters. The first-order valence-corrected chi connectivity index (χ1v) is 7.07. The number of halogens is 2. The highest BCUT2D eigenvalue weighted by Gasteiger charge is 2.14. The Morgan fingerprint density at radius 3 is 2.56 bits per heavy atom. The van der Waals surface area contributed by atoms with E-state index >= 15 is 0 Å². The van der Waals surface area contributed by atoms with Crippen LogP contribution in [-0.4, -0.2) is 32.0 Å². The second-order valence-electron chi connectivity index (χ2n) is 4.95. The van der Waals surface area contributed by atoms with E-state index in [2.05, 4.69) is 30.2 Å². The van der Waals surface area contributed by atoms with Crippen molar-refractivity contribution in [1.82, 2.24) is 24.9 Å². The predicted molar refractivity (Wildman–Crippen MR) is 86.2 cm³/mol. The van der Waals surface area contributed by atoms with Crippen LogP contribution in [0, 0.1) is 18.6 Å². The molecule has 0 amide bonds. The summed E-state index contributed by atoms with van der Waals surface area (Å²) in [5, 5.41) is 2.85. The molecule has 25 heavy (non-hydrogen) atoms. The second-order valence-corrected chi connectivity index (χ2v) is 4.95. The van der Waals surface area contributed by atoms with Crippen LogP contribution in [0.15, 0.2) is 24.5 Å². The van der Waals surface area contributed by atoms with Crippen LogP contribution in [0.25, 0.3) is 11.4 Å². The minimum absolute atomic E-state index is 0.00475. The number of pyridine rings is 2. The number of hydrogen-bond acceptors (Lipinski definition) is 8. The molecular formula is C15H13F2N7O. The maximum absolute atomic E-state index is 13.8. The van der Waals surface area contributed by atoms with Gasteiger partial charge in [-0.3, -0.25) is 0 Å². The van der Waals surface area contributed by atoms with Crippen LogP contribution >= 0.6 is 0 Å².